The van der Waals surface area contributed by atoms with E-state index >= 15 is 0 Å². The fourth-order valence-corrected chi connectivity index (χ4v) is 3.49. The number of halogens is 1. The van der Waals surface area contributed by atoms with Gasteiger partial charge in [0.05, 0.1) is 5.02 Å². The lowest BCUT2D eigenvalue weighted by Crippen LogP contribution is -2.45. The molecule has 2 amide bonds. The molecule has 2 N–H and O–H groups in total. The smallest absolute Gasteiger partial charge is 0.251 e. The molecule has 0 radical (unpaired) electrons. The second kappa shape index (κ2) is 6.38. The number of rotatable bonds is 3. The molecular weight excluding hydrogens is 356 g/mol. The summed E-state index contributed by atoms with van der Waals surface area (Å²) < 4.78 is 10.6. The van der Waals surface area contributed by atoms with Crippen LogP contribution in [0.25, 0.3) is 6.08 Å². The maximum atomic E-state index is 12.8. The minimum atomic E-state index is -0.690. The Morgan fingerprint density at radius 2 is 2.04 bits per heavy atom. The van der Waals surface area contributed by atoms with Gasteiger partial charge >= 0.3 is 0 Å². The topological polar surface area (TPSA) is 81.9 Å². The van der Waals surface area contributed by atoms with Crippen LogP contribution >= 0.6 is 11.6 Å². The standard InChI is InChI=1S/C19H15ClN2O4/c20-13-7-11(8-16-18(13)26-10-25-16)5-6-17(23)22-14-4-2-1-3-12(14)9-15(22)19(21)24/h1-8,15H,9-10H2,(H2,21,24)/b6-5-/t15-/m0/s1. The monoisotopic (exact) mass is 370 g/mol. The maximum Gasteiger partial charge on any atom is 0.251 e. The fraction of sp³-hybridized carbons (Fsp3) is 0.158. The highest BCUT2D eigenvalue weighted by molar-refractivity contribution is 6.32. The molecule has 6 nitrogen and oxygen atoms in total. The second-order valence-electron chi connectivity index (χ2n) is 6.03. The lowest BCUT2D eigenvalue weighted by Gasteiger charge is -2.21. The van der Waals surface area contributed by atoms with E-state index in [-0.39, 0.29) is 12.7 Å². The number of benzene rings is 2. The predicted octanol–water partition coefficient (Wildman–Crippen LogP) is 2.53. The van der Waals surface area contributed by atoms with Gasteiger partial charge in [0, 0.05) is 18.2 Å². The number of fused-ring (bicyclic) bond motifs is 2. The number of nitrogens with two attached hydrogens (primary N) is 1. The molecule has 2 aromatic rings. The average molecular weight is 371 g/mol. The Kier molecular flexibility index (Phi) is 4.05. The van der Waals surface area contributed by atoms with E-state index in [1.807, 2.05) is 24.3 Å². The van der Waals surface area contributed by atoms with Crippen molar-refractivity contribution in [3.05, 3.63) is 58.6 Å². The molecule has 0 aromatic heterocycles. The number of ether oxygens (including phenoxy) is 2. The van der Waals surface area contributed by atoms with Gasteiger partial charge in [-0.1, -0.05) is 29.8 Å². The number of carbonyl (C=O) groups excluding carboxylic acids is 2. The van der Waals surface area contributed by atoms with E-state index in [0.29, 0.717) is 34.2 Å². The summed E-state index contributed by atoms with van der Waals surface area (Å²) in [5.41, 5.74) is 7.80. The van der Waals surface area contributed by atoms with Crippen molar-refractivity contribution in [2.24, 2.45) is 5.73 Å². The molecule has 2 aliphatic heterocycles. The zero-order valence-electron chi connectivity index (χ0n) is 13.6. The highest BCUT2D eigenvalue weighted by Crippen LogP contribution is 2.40. The third-order valence-electron chi connectivity index (χ3n) is 4.41. The summed E-state index contributed by atoms with van der Waals surface area (Å²) in [7, 11) is 0. The van der Waals surface area contributed by atoms with E-state index < -0.39 is 11.9 Å². The Morgan fingerprint density at radius 1 is 1.23 bits per heavy atom. The second-order valence-corrected chi connectivity index (χ2v) is 6.44. The molecule has 1 atom stereocenters. The highest BCUT2D eigenvalue weighted by Gasteiger charge is 2.36. The molecule has 0 unspecified atom stereocenters. The van der Waals surface area contributed by atoms with Crippen molar-refractivity contribution in [2.45, 2.75) is 12.5 Å². The minimum Gasteiger partial charge on any atom is -0.454 e. The molecule has 0 fully saturated rings. The number of primary amides is 1. The number of para-hydroxylation sites is 1. The van der Waals surface area contributed by atoms with Gasteiger partial charge in [0.25, 0.3) is 5.91 Å². The van der Waals surface area contributed by atoms with Crippen molar-refractivity contribution in [1.29, 1.82) is 0 Å². The lowest BCUT2D eigenvalue weighted by atomic mass is 10.1. The molecule has 2 heterocycles. The molecule has 132 valence electrons. The van der Waals surface area contributed by atoms with Crippen molar-refractivity contribution >= 4 is 35.2 Å². The van der Waals surface area contributed by atoms with Crippen LogP contribution in [0, 0.1) is 0 Å². The highest BCUT2D eigenvalue weighted by atomic mass is 35.5. The van der Waals surface area contributed by atoms with Gasteiger partial charge in [0.2, 0.25) is 12.7 Å². The first kappa shape index (κ1) is 16.5. The van der Waals surface area contributed by atoms with E-state index in [1.54, 1.807) is 18.2 Å². The average Bonchev–Trinajstić information content (AvgIpc) is 3.24. The first-order valence-corrected chi connectivity index (χ1v) is 8.40. The normalized spacial score (nSPS) is 17.6. The summed E-state index contributed by atoms with van der Waals surface area (Å²) >= 11 is 6.15. The van der Waals surface area contributed by atoms with Gasteiger partial charge in [0.15, 0.2) is 11.5 Å². The van der Waals surface area contributed by atoms with Crippen LogP contribution in [0.5, 0.6) is 11.5 Å². The third-order valence-corrected chi connectivity index (χ3v) is 4.69. The Bertz CT molecular complexity index is 941. The van der Waals surface area contributed by atoms with Gasteiger partial charge in [-0.2, -0.15) is 0 Å². The van der Waals surface area contributed by atoms with Crippen LogP contribution in [0.1, 0.15) is 11.1 Å². The molecule has 2 aliphatic rings. The summed E-state index contributed by atoms with van der Waals surface area (Å²) in [5, 5.41) is 0.411. The number of nitrogens with zero attached hydrogens (tertiary/aromatic N) is 1. The minimum absolute atomic E-state index is 0.117. The number of hydrogen-bond acceptors (Lipinski definition) is 4. The van der Waals surface area contributed by atoms with Crippen LogP contribution in [0.3, 0.4) is 0 Å². The van der Waals surface area contributed by atoms with E-state index in [1.165, 1.54) is 11.0 Å². The van der Waals surface area contributed by atoms with E-state index in [4.69, 9.17) is 26.8 Å². The predicted molar refractivity (Wildman–Crippen MR) is 97.2 cm³/mol. The maximum absolute atomic E-state index is 12.8. The van der Waals surface area contributed by atoms with Crippen molar-refractivity contribution < 1.29 is 19.1 Å². The molecule has 0 saturated heterocycles. The Hall–Kier alpha value is -2.99. The van der Waals surface area contributed by atoms with Crippen LogP contribution in [0.2, 0.25) is 5.02 Å². The molecule has 7 heteroatoms. The van der Waals surface area contributed by atoms with Crippen molar-refractivity contribution in [3.63, 3.8) is 0 Å². The quantitative estimate of drug-likeness (QED) is 0.842. The van der Waals surface area contributed by atoms with Crippen LogP contribution in [-0.2, 0) is 16.0 Å². The first-order chi connectivity index (χ1) is 12.5. The zero-order chi connectivity index (χ0) is 18.3. The van der Waals surface area contributed by atoms with E-state index in [9.17, 15) is 9.59 Å². The number of anilines is 1. The largest absolute Gasteiger partial charge is 0.454 e. The number of hydrogen-bond donors (Lipinski definition) is 1. The van der Waals surface area contributed by atoms with Crippen molar-refractivity contribution in [2.75, 3.05) is 11.7 Å². The molecule has 0 saturated carbocycles. The zero-order valence-corrected chi connectivity index (χ0v) is 14.4. The summed E-state index contributed by atoms with van der Waals surface area (Å²) in [6.45, 7) is 0.117. The number of carbonyl (C=O) groups is 2. The molecule has 0 spiro atoms. The Morgan fingerprint density at radius 3 is 2.85 bits per heavy atom. The van der Waals surface area contributed by atoms with Crippen molar-refractivity contribution in [3.8, 4) is 11.5 Å². The molecule has 0 bridgehead atoms. The fourth-order valence-electron chi connectivity index (χ4n) is 3.22. The molecule has 0 aliphatic carbocycles. The van der Waals surface area contributed by atoms with Crippen LogP contribution in [0.4, 0.5) is 5.69 Å². The molecular formula is C19H15ClN2O4. The van der Waals surface area contributed by atoms with Gasteiger partial charge in [0.1, 0.15) is 6.04 Å². The van der Waals surface area contributed by atoms with E-state index in [2.05, 4.69) is 0 Å². The summed E-state index contributed by atoms with van der Waals surface area (Å²) in [4.78, 5) is 26.0. The van der Waals surface area contributed by atoms with Crippen LogP contribution in [0.15, 0.2) is 42.5 Å². The van der Waals surface area contributed by atoms with Crippen LogP contribution < -0.4 is 20.1 Å². The summed E-state index contributed by atoms with van der Waals surface area (Å²) in [6.07, 6.45) is 3.43. The summed E-state index contributed by atoms with van der Waals surface area (Å²) in [5.74, 6) is 0.171. The van der Waals surface area contributed by atoms with Gasteiger partial charge in [-0.25, -0.2) is 0 Å². The van der Waals surface area contributed by atoms with Gasteiger partial charge in [-0.05, 0) is 35.4 Å². The van der Waals surface area contributed by atoms with Gasteiger partial charge in [-0.3, -0.25) is 14.5 Å². The molecule has 2 aromatic carbocycles. The van der Waals surface area contributed by atoms with Gasteiger partial charge in [-0.15, -0.1) is 0 Å². The van der Waals surface area contributed by atoms with E-state index in [0.717, 1.165) is 5.56 Å². The Labute approximate surface area is 154 Å². The SMILES string of the molecule is NC(=O)[C@@H]1Cc2ccccc2N1C(=O)/C=C\c1cc(Cl)c2c(c1)OCO2. The molecule has 4 rings (SSSR count). The summed E-state index contributed by atoms with van der Waals surface area (Å²) in [6, 6.07) is 10.1. The van der Waals surface area contributed by atoms with Gasteiger partial charge < -0.3 is 15.2 Å². The third kappa shape index (κ3) is 2.78. The Balaban J connectivity index is 1.62. The first-order valence-electron chi connectivity index (χ1n) is 8.02. The lowest BCUT2D eigenvalue weighted by molar-refractivity contribution is -0.122. The molecule has 26 heavy (non-hydrogen) atoms. The van der Waals surface area contributed by atoms with Crippen molar-refractivity contribution in [1.82, 2.24) is 0 Å². The number of amides is 2. The van der Waals surface area contributed by atoms with Crippen LogP contribution in [-0.4, -0.2) is 24.6 Å².